The summed E-state index contributed by atoms with van der Waals surface area (Å²) >= 11 is 0. The van der Waals surface area contributed by atoms with Crippen LogP contribution in [0.15, 0.2) is 30.3 Å². The Balaban J connectivity index is 0.00000324. The number of rotatable bonds is 6. The van der Waals surface area contributed by atoms with Crippen LogP contribution in [0.25, 0.3) is 0 Å². The molecule has 1 radical (unpaired) electrons. The van der Waals surface area contributed by atoms with Crippen LogP contribution < -0.4 is 5.32 Å². The molecule has 0 saturated carbocycles. The summed E-state index contributed by atoms with van der Waals surface area (Å²) in [5, 5.41) is 10.6. The molecule has 2 N–H and O–H groups in total. The Morgan fingerprint density at radius 3 is 2.37 bits per heavy atom. The molecule has 0 spiro atoms. The van der Waals surface area contributed by atoms with Crippen molar-refractivity contribution in [3.8, 4) is 0 Å². The van der Waals surface area contributed by atoms with Gasteiger partial charge >= 0.3 is 12.1 Å². The second kappa shape index (κ2) is 9.55. The number of aliphatic carboxylic acids is 1. The van der Waals surface area contributed by atoms with E-state index in [2.05, 4.69) is 5.32 Å². The standard InChI is InChI=1S/C12H13NO5.Na/c14-10(11(15)16)6-7-13-12(17)18-8-9-4-2-1-3-5-9;/h1-5H,6-8H2,(H,13,17)(H,15,16);. The quantitative estimate of drug-likeness (QED) is 0.584. The van der Waals surface area contributed by atoms with Gasteiger partial charge in [0.25, 0.3) is 0 Å². The molecular formula is C12H13NNaO5. The molecule has 0 saturated heterocycles. The number of carbonyl (C=O) groups excluding carboxylic acids is 2. The number of carboxylic acid groups (broad SMARTS) is 1. The average molecular weight is 274 g/mol. The molecule has 0 atom stereocenters. The predicted molar refractivity (Wildman–Crippen MR) is 67.6 cm³/mol. The molecule has 19 heavy (non-hydrogen) atoms. The molecule has 1 aromatic carbocycles. The van der Waals surface area contributed by atoms with Crippen molar-refractivity contribution in [2.45, 2.75) is 13.0 Å². The molecule has 1 rings (SSSR count). The van der Waals surface area contributed by atoms with E-state index in [9.17, 15) is 14.4 Å². The van der Waals surface area contributed by atoms with Gasteiger partial charge < -0.3 is 15.2 Å². The molecular weight excluding hydrogens is 261 g/mol. The molecule has 6 nitrogen and oxygen atoms in total. The number of carbonyl (C=O) groups is 3. The Labute approximate surface area is 132 Å². The number of ketones is 1. The maximum absolute atomic E-state index is 11.2. The number of nitrogens with one attached hydrogen (secondary N) is 1. The van der Waals surface area contributed by atoms with Crippen LogP contribution in [0.5, 0.6) is 0 Å². The van der Waals surface area contributed by atoms with Crippen LogP contribution in [-0.2, 0) is 20.9 Å². The summed E-state index contributed by atoms with van der Waals surface area (Å²) in [5.41, 5.74) is 0.842. The minimum absolute atomic E-state index is 0. The Kier molecular flexibility index (Phi) is 8.86. The minimum atomic E-state index is -1.51. The van der Waals surface area contributed by atoms with Crippen molar-refractivity contribution in [2.24, 2.45) is 0 Å². The van der Waals surface area contributed by atoms with E-state index in [0.29, 0.717) is 0 Å². The van der Waals surface area contributed by atoms with Crippen LogP contribution in [0.4, 0.5) is 4.79 Å². The Morgan fingerprint density at radius 2 is 1.79 bits per heavy atom. The van der Waals surface area contributed by atoms with E-state index >= 15 is 0 Å². The van der Waals surface area contributed by atoms with Crippen LogP contribution in [0.1, 0.15) is 12.0 Å². The summed E-state index contributed by atoms with van der Waals surface area (Å²) < 4.78 is 4.86. The van der Waals surface area contributed by atoms with E-state index in [1.54, 1.807) is 12.1 Å². The maximum Gasteiger partial charge on any atom is 0.407 e. The molecule has 0 unspecified atom stereocenters. The summed E-state index contributed by atoms with van der Waals surface area (Å²) in [4.78, 5) is 32.1. The van der Waals surface area contributed by atoms with Gasteiger partial charge in [-0.05, 0) is 5.56 Å². The number of carboxylic acids is 1. The van der Waals surface area contributed by atoms with Gasteiger partial charge in [-0.2, -0.15) is 0 Å². The number of ether oxygens (including phenoxy) is 1. The van der Waals surface area contributed by atoms with Crippen molar-refractivity contribution >= 4 is 47.4 Å². The monoisotopic (exact) mass is 274 g/mol. The second-order valence-corrected chi connectivity index (χ2v) is 3.47. The molecule has 0 aromatic heterocycles. The fraction of sp³-hybridized carbons (Fsp3) is 0.250. The summed E-state index contributed by atoms with van der Waals surface area (Å²) in [5.74, 6) is -2.45. The van der Waals surface area contributed by atoms with Crippen LogP contribution >= 0.6 is 0 Å². The van der Waals surface area contributed by atoms with Crippen LogP contribution in [0, 0.1) is 0 Å². The van der Waals surface area contributed by atoms with Crippen molar-refractivity contribution in [1.82, 2.24) is 5.32 Å². The zero-order valence-corrected chi connectivity index (χ0v) is 12.6. The van der Waals surface area contributed by atoms with Gasteiger partial charge in [-0.1, -0.05) is 30.3 Å². The van der Waals surface area contributed by atoms with Gasteiger partial charge in [-0.3, -0.25) is 4.79 Å². The zero-order chi connectivity index (χ0) is 13.4. The van der Waals surface area contributed by atoms with Crippen LogP contribution in [0.2, 0.25) is 0 Å². The van der Waals surface area contributed by atoms with Gasteiger partial charge in [0.05, 0.1) is 0 Å². The van der Waals surface area contributed by atoms with E-state index in [-0.39, 0.29) is 49.1 Å². The van der Waals surface area contributed by atoms with Crippen molar-refractivity contribution in [3.63, 3.8) is 0 Å². The Bertz CT molecular complexity index is 435. The molecule has 97 valence electrons. The number of benzene rings is 1. The van der Waals surface area contributed by atoms with Gasteiger partial charge in [0.1, 0.15) is 6.61 Å². The Hall–Kier alpha value is -1.37. The molecule has 0 heterocycles. The molecule has 1 amide bonds. The number of hydrogen-bond donors (Lipinski definition) is 2. The van der Waals surface area contributed by atoms with Crippen LogP contribution in [0.3, 0.4) is 0 Å². The number of amides is 1. The summed E-state index contributed by atoms with van der Waals surface area (Å²) in [7, 11) is 0. The normalized spacial score (nSPS) is 9.05. The average Bonchev–Trinajstić information content (AvgIpc) is 2.37. The number of Topliss-reactive ketones (excluding diaryl/α,β-unsaturated/α-hetero) is 1. The first-order valence-corrected chi connectivity index (χ1v) is 5.30. The predicted octanol–water partition coefficient (Wildman–Crippen LogP) is 0.576. The van der Waals surface area contributed by atoms with E-state index in [1.165, 1.54) is 0 Å². The molecule has 0 aliphatic carbocycles. The third-order valence-corrected chi connectivity index (χ3v) is 2.07. The molecule has 0 fully saturated rings. The first-order chi connectivity index (χ1) is 8.59. The van der Waals surface area contributed by atoms with Crippen molar-refractivity contribution in [2.75, 3.05) is 6.54 Å². The van der Waals surface area contributed by atoms with Crippen LogP contribution in [-0.4, -0.2) is 59.1 Å². The fourth-order valence-corrected chi connectivity index (χ4v) is 1.16. The van der Waals surface area contributed by atoms with Gasteiger partial charge in [0.2, 0.25) is 5.78 Å². The molecule has 0 aliphatic rings. The number of hydrogen-bond acceptors (Lipinski definition) is 4. The Morgan fingerprint density at radius 1 is 1.16 bits per heavy atom. The topological polar surface area (TPSA) is 92.7 Å². The summed E-state index contributed by atoms with van der Waals surface area (Å²) in [6.07, 6.45) is -0.937. The first kappa shape index (κ1) is 17.6. The minimum Gasteiger partial charge on any atom is -0.476 e. The second-order valence-electron chi connectivity index (χ2n) is 3.47. The van der Waals surface area contributed by atoms with Crippen molar-refractivity contribution in [1.29, 1.82) is 0 Å². The van der Waals surface area contributed by atoms with E-state index in [1.807, 2.05) is 18.2 Å². The van der Waals surface area contributed by atoms with Crippen molar-refractivity contribution in [3.05, 3.63) is 35.9 Å². The van der Waals surface area contributed by atoms with Gasteiger partial charge in [-0.15, -0.1) is 0 Å². The summed E-state index contributed by atoms with van der Waals surface area (Å²) in [6.45, 7) is 0.0678. The molecule has 0 aliphatic heterocycles. The van der Waals surface area contributed by atoms with E-state index in [0.717, 1.165) is 5.56 Å². The molecule has 0 bridgehead atoms. The molecule has 7 heteroatoms. The maximum atomic E-state index is 11.2. The largest absolute Gasteiger partial charge is 0.476 e. The van der Waals surface area contributed by atoms with Gasteiger partial charge in [0, 0.05) is 42.5 Å². The van der Waals surface area contributed by atoms with Gasteiger partial charge in [0.15, 0.2) is 0 Å². The van der Waals surface area contributed by atoms with Gasteiger partial charge in [-0.25, -0.2) is 9.59 Å². The first-order valence-electron chi connectivity index (χ1n) is 5.30. The number of alkyl carbamates (subject to hydrolysis) is 1. The zero-order valence-electron chi connectivity index (χ0n) is 10.6. The van der Waals surface area contributed by atoms with Crippen molar-refractivity contribution < 1.29 is 24.2 Å². The fourth-order valence-electron chi connectivity index (χ4n) is 1.16. The summed E-state index contributed by atoms with van der Waals surface area (Å²) in [6, 6.07) is 9.10. The third-order valence-electron chi connectivity index (χ3n) is 2.07. The molecule has 1 aromatic rings. The smallest absolute Gasteiger partial charge is 0.407 e. The third kappa shape index (κ3) is 7.61. The SMILES string of the molecule is O=C(NCCC(=O)C(=O)O)OCc1ccccc1.[Na]. The van der Waals surface area contributed by atoms with E-state index in [4.69, 9.17) is 9.84 Å². The van der Waals surface area contributed by atoms with E-state index < -0.39 is 17.8 Å².